The first kappa shape index (κ1) is 10.8. The van der Waals surface area contributed by atoms with Gasteiger partial charge in [0.2, 0.25) is 0 Å². The van der Waals surface area contributed by atoms with Crippen molar-refractivity contribution in [3.63, 3.8) is 0 Å². The minimum Gasteiger partial charge on any atom is -0.271 e. The molecule has 0 aromatic carbocycles. The Morgan fingerprint density at radius 2 is 2.20 bits per heavy atom. The van der Waals surface area contributed by atoms with Crippen LogP contribution in [0.3, 0.4) is 0 Å². The zero-order chi connectivity index (χ0) is 10.8. The highest BCUT2D eigenvalue weighted by molar-refractivity contribution is 7.12. The van der Waals surface area contributed by atoms with Crippen molar-refractivity contribution in [2.75, 3.05) is 0 Å². The third-order valence-electron chi connectivity index (χ3n) is 2.51. The number of aryl methyl sites for hydroxylation is 2. The molecule has 0 saturated carbocycles. The normalized spacial score (nSPS) is 13.0. The Morgan fingerprint density at radius 1 is 1.40 bits per heavy atom. The minimum atomic E-state index is 0.133. The first-order valence-corrected chi connectivity index (χ1v) is 6.53. The van der Waals surface area contributed by atoms with Crippen LogP contribution in [0.5, 0.6) is 0 Å². The lowest BCUT2D eigenvalue weighted by Gasteiger charge is -2.12. The Morgan fingerprint density at radius 3 is 2.67 bits per heavy atom. The number of nitrogens with two attached hydrogens (primary N) is 1. The molecule has 0 spiro atoms. The largest absolute Gasteiger partial charge is 0.271 e. The molecule has 4 heteroatoms. The molecule has 80 valence electrons. The van der Waals surface area contributed by atoms with Crippen LogP contribution in [0.1, 0.15) is 26.9 Å². The Hall–Kier alpha value is -0.680. The number of hydrazine groups is 1. The molecule has 0 aliphatic rings. The molecule has 0 amide bonds. The van der Waals surface area contributed by atoms with Gasteiger partial charge < -0.3 is 0 Å². The van der Waals surface area contributed by atoms with Gasteiger partial charge in [-0.05, 0) is 47.9 Å². The van der Waals surface area contributed by atoms with Gasteiger partial charge in [-0.1, -0.05) is 0 Å². The second kappa shape index (κ2) is 4.45. The highest BCUT2D eigenvalue weighted by Crippen LogP contribution is 2.31. The molecule has 0 fully saturated rings. The van der Waals surface area contributed by atoms with E-state index in [9.17, 15) is 0 Å². The topological polar surface area (TPSA) is 38.0 Å². The average Bonchev–Trinajstić information content (AvgIpc) is 2.80. The van der Waals surface area contributed by atoms with Crippen molar-refractivity contribution in [3.05, 3.63) is 43.8 Å². The van der Waals surface area contributed by atoms with Crippen LogP contribution >= 0.6 is 22.7 Å². The Bertz CT molecular complexity index is 412. The van der Waals surface area contributed by atoms with Crippen molar-refractivity contribution in [2.45, 2.75) is 19.9 Å². The van der Waals surface area contributed by atoms with Crippen molar-refractivity contribution in [1.82, 2.24) is 5.43 Å². The fourth-order valence-corrected chi connectivity index (χ4v) is 3.34. The molecule has 15 heavy (non-hydrogen) atoms. The summed E-state index contributed by atoms with van der Waals surface area (Å²) in [6.07, 6.45) is 0. The number of thiophene rings is 2. The molecular weight excluding hydrogens is 224 g/mol. The van der Waals surface area contributed by atoms with Gasteiger partial charge in [0, 0.05) is 9.75 Å². The van der Waals surface area contributed by atoms with Gasteiger partial charge >= 0.3 is 0 Å². The fourth-order valence-electron chi connectivity index (χ4n) is 1.53. The lowest BCUT2D eigenvalue weighted by Crippen LogP contribution is -2.27. The van der Waals surface area contributed by atoms with Crippen LogP contribution < -0.4 is 11.3 Å². The summed E-state index contributed by atoms with van der Waals surface area (Å²) in [5.41, 5.74) is 5.46. The van der Waals surface area contributed by atoms with E-state index < -0.39 is 0 Å². The summed E-state index contributed by atoms with van der Waals surface area (Å²) < 4.78 is 0. The quantitative estimate of drug-likeness (QED) is 0.637. The van der Waals surface area contributed by atoms with Crippen molar-refractivity contribution in [1.29, 1.82) is 0 Å². The number of nitrogens with one attached hydrogen (secondary N) is 1. The average molecular weight is 238 g/mol. The Kier molecular flexibility index (Phi) is 3.21. The van der Waals surface area contributed by atoms with Crippen molar-refractivity contribution >= 4 is 22.7 Å². The van der Waals surface area contributed by atoms with Gasteiger partial charge in [0.25, 0.3) is 0 Å². The SMILES string of the molecule is Cc1cc(C(NN)c2ccsc2)sc1C. The summed E-state index contributed by atoms with van der Waals surface area (Å²) in [4.78, 5) is 2.64. The Balaban J connectivity index is 2.35. The van der Waals surface area contributed by atoms with E-state index in [4.69, 9.17) is 5.84 Å². The molecule has 2 aromatic rings. The maximum absolute atomic E-state index is 5.62. The molecule has 0 saturated heterocycles. The second-order valence-corrected chi connectivity index (χ2v) is 5.61. The Labute approximate surface area is 97.7 Å². The first-order valence-electron chi connectivity index (χ1n) is 4.77. The van der Waals surface area contributed by atoms with E-state index in [1.807, 2.05) is 11.3 Å². The van der Waals surface area contributed by atoms with E-state index in [0.717, 1.165) is 0 Å². The standard InChI is InChI=1S/C11H14N2S2/c1-7-5-10(15-8(7)2)11(13-12)9-3-4-14-6-9/h3-6,11,13H,12H2,1-2H3. The first-order chi connectivity index (χ1) is 7.22. The maximum atomic E-state index is 5.62. The lowest BCUT2D eigenvalue weighted by molar-refractivity contribution is 0.648. The van der Waals surface area contributed by atoms with Gasteiger partial charge in [0.15, 0.2) is 0 Å². The van der Waals surface area contributed by atoms with Gasteiger partial charge in [-0.3, -0.25) is 5.84 Å². The van der Waals surface area contributed by atoms with Crippen LogP contribution in [0.25, 0.3) is 0 Å². The van der Waals surface area contributed by atoms with Gasteiger partial charge in [0.1, 0.15) is 0 Å². The lowest BCUT2D eigenvalue weighted by atomic mass is 10.1. The van der Waals surface area contributed by atoms with Gasteiger partial charge in [-0.2, -0.15) is 11.3 Å². The highest BCUT2D eigenvalue weighted by Gasteiger charge is 2.15. The van der Waals surface area contributed by atoms with E-state index in [-0.39, 0.29) is 6.04 Å². The molecule has 2 rings (SSSR count). The van der Waals surface area contributed by atoms with E-state index in [2.05, 4.69) is 42.2 Å². The van der Waals surface area contributed by atoms with Crippen molar-refractivity contribution < 1.29 is 0 Å². The fraction of sp³-hybridized carbons (Fsp3) is 0.273. The summed E-state index contributed by atoms with van der Waals surface area (Å²) >= 11 is 3.51. The molecule has 2 nitrogen and oxygen atoms in total. The third-order valence-corrected chi connectivity index (χ3v) is 4.43. The zero-order valence-corrected chi connectivity index (χ0v) is 10.4. The van der Waals surface area contributed by atoms with Crippen LogP contribution in [0, 0.1) is 13.8 Å². The second-order valence-electron chi connectivity index (χ2n) is 3.54. The molecule has 0 aliphatic heterocycles. The summed E-state index contributed by atoms with van der Waals surface area (Å²) in [5.74, 6) is 5.62. The van der Waals surface area contributed by atoms with Gasteiger partial charge in [-0.15, -0.1) is 11.3 Å². The summed E-state index contributed by atoms with van der Waals surface area (Å²) in [6, 6.07) is 4.45. The minimum absolute atomic E-state index is 0.133. The maximum Gasteiger partial charge on any atom is 0.0810 e. The third kappa shape index (κ3) is 2.13. The van der Waals surface area contributed by atoms with Crippen LogP contribution in [0.4, 0.5) is 0 Å². The van der Waals surface area contributed by atoms with Gasteiger partial charge in [0.05, 0.1) is 6.04 Å². The molecule has 3 N–H and O–H groups in total. The number of hydrogen-bond donors (Lipinski definition) is 2. The molecule has 1 unspecified atom stereocenters. The van der Waals surface area contributed by atoms with Crippen molar-refractivity contribution in [3.8, 4) is 0 Å². The number of rotatable bonds is 3. The van der Waals surface area contributed by atoms with E-state index >= 15 is 0 Å². The molecule has 2 aromatic heterocycles. The summed E-state index contributed by atoms with van der Waals surface area (Å²) in [6.45, 7) is 4.28. The smallest absolute Gasteiger partial charge is 0.0810 e. The van der Waals surface area contributed by atoms with Gasteiger partial charge in [-0.25, -0.2) is 5.43 Å². The van der Waals surface area contributed by atoms with Crippen LogP contribution in [-0.2, 0) is 0 Å². The summed E-state index contributed by atoms with van der Waals surface area (Å²) in [7, 11) is 0. The molecule has 0 bridgehead atoms. The number of hydrogen-bond acceptors (Lipinski definition) is 4. The monoisotopic (exact) mass is 238 g/mol. The molecule has 0 radical (unpaired) electrons. The van der Waals surface area contributed by atoms with Crippen LogP contribution in [0.2, 0.25) is 0 Å². The van der Waals surface area contributed by atoms with Crippen LogP contribution in [0.15, 0.2) is 22.9 Å². The highest BCUT2D eigenvalue weighted by atomic mass is 32.1. The predicted molar refractivity (Wildman–Crippen MR) is 67.3 cm³/mol. The predicted octanol–water partition coefficient (Wildman–Crippen LogP) is 2.98. The van der Waals surface area contributed by atoms with E-state index in [1.165, 1.54) is 20.9 Å². The zero-order valence-electron chi connectivity index (χ0n) is 8.78. The molecule has 2 heterocycles. The van der Waals surface area contributed by atoms with Crippen molar-refractivity contribution in [2.24, 2.45) is 5.84 Å². The molecule has 0 aliphatic carbocycles. The van der Waals surface area contributed by atoms with Crippen LogP contribution in [-0.4, -0.2) is 0 Å². The summed E-state index contributed by atoms with van der Waals surface area (Å²) in [5, 5.41) is 4.21. The van der Waals surface area contributed by atoms with E-state index in [0.29, 0.717) is 0 Å². The molecule has 1 atom stereocenters. The van der Waals surface area contributed by atoms with E-state index in [1.54, 1.807) is 11.3 Å². The molecular formula is C11H14N2S2.